The maximum absolute atomic E-state index is 12.1. The molecule has 1 aromatic carbocycles. The highest BCUT2D eigenvalue weighted by atomic mass is 32.2. The first-order chi connectivity index (χ1) is 8.21. The summed E-state index contributed by atoms with van der Waals surface area (Å²) in [6.45, 7) is 1.84. The Morgan fingerprint density at radius 3 is 2.28 bits per heavy atom. The van der Waals surface area contributed by atoms with E-state index in [0.29, 0.717) is 6.42 Å². The van der Waals surface area contributed by atoms with E-state index in [-0.39, 0.29) is 5.75 Å². The van der Waals surface area contributed by atoms with E-state index in [1.165, 1.54) is 19.2 Å². The molecule has 0 radical (unpaired) electrons. The van der Waals surface area contributed by atoms with Crippen molar-refractivity contribution in [3.8, 4) is 11.5 Å². The van der Waals surface area contributed by atoms with Gasteiger partial charge in [-0.25, -0.2) is 0 Å². The van der Waals surface area contributed by atoms with Crippen molar-refractivity contribution in [2.24, 2.45) is 0 Å². The molecule has 0 saturated carbocycles. The fourth-order valence-corrected chi connectivity index (χ4v) is 1.63. The summed E-state index contributed by atoms with van der Waals surface area (Å²) < 4.78 is 66.9. The van der Waals surface area contributed by atoms with Gasteiger partial charge in [0.25, 0.3) is 0 Å². The Kier molecular flexibility index (Phi) is 4.10. The molecular formula is C10H11F3O4S. The predicted molar refractivity (Wildman–Crippen MR) is 58.0 cm³/mol. The molecule has 0 saturated heterocycles. The van der Waals surface area contributed by atoms with E-state index in [0.717, 1.165) is 11.6 Å². The molecule has 0 unspecified atom stereocenters. The smallest absolute Gasteiger partial charge is 0.493 e. The third-order valence-corrected chi connectivity index (χ3v) is 3.09. The summed E-state index contributed by atoms with van der Waals surface area (Å²) in [7, 11) is -4.47. The summed E-state index contributed by atoms with van der Waals surface area (Å²) in [5, 5.41) is 0. The highest BCUT2D eigenvalue weighted by Gasteiger charge is 2.48. The SMILES string of the molecule is CCc1ccc(OS(=O)(=O)C(F)(F)F)c(OC)c1. The van der Waals surface area contributed by atoms with E-state index in [4.69, 9.17) is 4.74 Å². The molecule has 0 fully saturated rings. The number of hydrogen-bond donors (Lipinski definition) is 0. The molecule has 0 aliphatic carbocycles. The van der Waals surface area contributed by atoms with E-state index in [1.807, 2.05) is 6.92 Å². The largest absolute Gasteiger partial charge is 0.534 e. The zero-order valence-corrected chi connectivity index (χ0v) is 10.4. The van der Waals surface area contributed by atoms with Gasteiger partial charge in [0.1, 0.15) is 0 Å². The third-order valence-electron chi connectivity index (χ3n) is 2.12. The Balaban J connectivity index is 3.13. The maximum Gasteiger partial charge on any atom is 0.534 e. The number of aryl methyl sites for hydroxylation is 1. The number of halogens is 3. The summed E-state index contributed by atoms with van der Waals surface area (Å²) in [6, 6.07) is 4.01. The van der Waals surface area contributed by atoms with E-state index in [9.17, 15) is 21.6 Å². The van der Waals surface area contributed by atoms with Gasteiger partial charge >= 0.3 is 15.6 Å². The number of alkyl halides is 3. The number of ether oxygens (including phenoxy) is 1. The van der Waals surface area contributed by atoms with Gasteiger partial charge in [0.05, 0.1) is 7.11 Å². The molecule has 4 nitrogen and oxygen atoms in total. The monoisotopic (exact) mass is 284 g/mol. The molecule has 0 amide bonds. The van der Waals surface area contributed by atoms with Gasteiger partial charge in [-0.05, 0) is 24.1 Å². The van der Waals surface area contributed by atoms with Crippen LogP contribution in [0, 0.1) is 0 Å². The zero-order valence-electron chi connectivity index (χ0n) is 9.61. The summed E-state index contributed by atoms with van der Waals surface area (Å²) >= 11 is 0. The van der Waals surface area contributed by atoms with Crippen LogP contribution in [0.5, 0.6) is 11.5 Å². The van der Waals surface area contributed by atoms with Crippen LogP contribution in [0.2, 0.25) is 0 Å². The lowest BCUT2D eigenvalue weighted by atomic mass is 10.1. The van der Waals surface area contributed by atoms with Crippen molar-refractivity contribution in [1.82, 2.24) is 0 Å². The van der Waals surface area contributed by atoms with Gasteiger partial charge < -0.3 is 8.92 Å². The Morgan fingerprint density at radius 1 is 1.22 bits per heavy atom. The average molecular weight is 284 g/mol. The Hall–Kier alpha value is -1.44. The zero-order chi connectivity index (χ0) is 14.0. The number of hydrogen-bond acceptors (Lipinski definition) is 4. The van der Waals surface area contributed by atoms with E-state index in [2.05, 4.69) is 4.18 Å². The van der Waals surface area contributed by atoms with Gasteiger partial charge in [0.2, 0.25) is 0 Å². The lowest BCUT2D eigenvalue weighted by molar-refractivity contribution is -0.0500. The molecule has 0 aliphatic rings. The van der Waals surface area contributed by atoms with Gasteiger partial charge in [0.15, 0.2) is 11.5 Å². The minimum atomic E-state index is -5.68. The van der Waals surface area contributed by atoms with Crippen LogP contribution in [-0.2, 0) is 16.5 Å². The van der Waals surface area contributed by atoms with Gasteiger partial charge in [-0.2, -0.15) is 21.6 Å². The molecule has 0 heterocycles. The van der Waals surface area contributed by atoms with Crippen molar-refractivity contribution in [3.63, 3.8) is 0 Å². The van der Waals surface area contributed by atoms with Gasteiger partial charge in [-0.15, -0.1) is 0 Å². The van der Waals surface area contributed by atoms with Crippen LogP contribution in [-0.4, -0.2) is 21.0 Å². The van der Waals surface area contributed by atoms with Crippen LogP contribution < -0.4 is 8.92 Å². The van der Waals surface area contributed by atoms with Crippen molar-refractivity contribution >= 4 is 10.1 Å². The van der Waals surface area contributed by atoms with Crippen molar-refractivity contribution < 1.29 is 30.5 Å². The summed E-state index contributed by atoms with van der Waals surface area (Å²) in [5.74, 6) is -0.561. The maximum atomic E-state index is 12.1. The predicted octanol–water partition coefficient (Wildman–Crippen LogP) is 2.49. The molecule has 0 spiro atoms. The molecule has 0 aromatic heterocycles. The van der Waals surface area contributed by atoms with Crippen LogP contribution in [0.25, 0.3) is 0 Å². The topological polar surface area (TPSA) is 52.6 Å². The standard InChI is InChI=1S/C10H11F3O4S/c1-3-7-4-5-8(9(6-7)16-2)17-18(14,15)10(11,12)13/h4-6H,3H2,1-2H3. The van der Waals surface area contributed by atoms with Crippen molar-refractivity contribution in [2.75, 3.05) is 7.11 Å². The van der Waals surface area contributed by atoms with E-state index < -0.39 is 21.4 Å². The van der Waals surface area contributed by atoms with Gasteiger partial charge in [-0.1, -0.05) is 13.0 Å². The first kappa shape index (κ1) is 14.6. The van der Waals surface area contributed by atoms with Crippen LogP contribution in [0.15, 0.2) is 18.2 Å². The van der Waals surface area contributed by atoms with Crippen molar-refractivity contribution in [3.05, 3.63) is 23.8 Å². The van der Waals surface area contributed by atoms with Crippen LogP contribution >= 0.6 is 0 Å². The normalized spacial score (nSPS) is 12.3. The molecular weight excluding hydrogens is 273 g/mol. The summed E-state index contributed by atoms with van der Waals surface area (Å²) in [4.78, 5) is 0. The lowest BCUT2D eigenvalue weighted by Gasteiger charge is -2.12. The number of rotatable bonds is 4. The number of benzene rings is 1. The van der Waals surface area contributed by atoms with Gasteiger partial charge in [-0.3, -0.25) is 0 Å². The Bertz CT molecular complexity index is 522. The molecule has 8 heteroatoms. The quantitative estimate of drug-likeness (QED) is 0.629. The second kappa shape index (κ2) is 5.05. The van der Waals surface area contributed by atoms with Crippen LogP contribution in [0.4, 0.5) is 13.2 Å². The second-order valence-electron chi connectivity index (χ2n) is 3.32. The highest BCUT2D eigenvalue weighted by molar-refractivity contribution is 7.88. The Morgan fingerprint density at radius 2 is 1.83 bits per heavy atom. The first-order valence-electron chi connectivity index (χ1n) is 4.89. The minimum Gasteiger partial charge on any atom is -0.493 e. The number of methoxy groups -OCH3 is 1. The van der Waals surface area contributed by atoms with Gasteiger partial charge in [0, 0.05) is 0 Å². The highest BCUT2D eigenvalue weighted by Crippen LogP contribution is 2.33. The molecule has 1 rings (SSSR count). The molecule has 1 aromatic rings. The molecule has 0 atom stereocenters. The van der Waals surface area contributed by atoms with Crippen molar-refractivity contribution in [2.45, 2.75) is 18.9 Å². The van der Waals surface area contributed by atoms with Crippen LogP contribution in [0.3, 0.4) is 0 Å². The van der Waals surface area contributed by atoms with Crippen molar-refractivity contribution in [1.29, 1.82) is 0 Å². The summed E-state index contributed by atoms with van der Waals surface area (Å²) in [5.41, 5.74) is -4.69. The molecule has 18 heavy (non-hydrogen) atoms. The van der Waals surface area contributed by atoms with Crippen LogP contribution in [0.1, 0.15) is 12.5 Å². The fraction of sp³-hybridized carbons (Fsp3) is 0.400. The van der Waals surface area contributed by atoms with E-state index in [1.54, 1.807) is 0 Å². The summed E-state index contributed by atoms with van der Waals surface area (Å²) in [6.07, 6.45) is 0.628. The lowest BCUT2D eigenvalue weighted by Crippen LogP contribution is -2.28. The average Bonchev–Trinajstić information content (AvgIpc) is 2.27. The molecule has 102 valence electrons. The second-order valence-corrected chi connectivity index (χ2v) is 4.86. The first-order valence-corrected chi connectivity index (χ1v) is 6.29. The third kappa shape index (κ3) is 3.06. The molecule has 0 aliphatic heterocycles. The Labute approximate surface area is 102 Å². The fourth-order valence-electron chi connectivity index (χ4n) is 1.17. The minimum absolute atomic E-state index is 0.0674. The van der Waals surface area contributed by atoms with E-state index >= 15 is 0 Å². The molecule has 0 bridgehead atoms. The molecule has 0 N–H and O–H groups in total.